The fourth-order valence-corrected chi connectivity index (χ4v) is 3.49. The number of hydrogen-bond acceptors (Lipinski definition) is 8. The van der Waals surface area contributed by atoms with Crippen LogP contribution < -0.4 is 5.32 Å². The number of nitrogens with zero attached hydrogens (tertiary/aromatic N) is 4. The van der Waals surface area contributed by atoms with E-state index in [1.807, 2.05) is 18.2 Å². The second-order valence-corrected chi connectivity index (χ2v) is 7.07. The Morgan fingerprint density at radius 2 is 2.33 bits per heavy atom. The van der Waals surface area contributed by atoms with Crippen molar-refractivity contribution < 1.29 is 19.4 Å². The number of carbonyl (C=O) groups is 2. The minimum absolute atomic E-state index is 0.0670. The zero-order valence-corrected chi connectivity index (χ0v) is 15.7. The second kappa shape index (κ2) is 8.89. The van der Waals surface area contributed by atoms with Gasteiger partial charge < -0.3 is 20.1 Å². The number of hydrogen-bond donors (Lipinski definition) is 2. The van der Waals surface area contributed by atoms with Crippen LogP contribution in [0.15, 0.2) is 29.8 Å². The van der Waals surface area contributed by atoms with Crippen LogP contribution in [0.3, 0.4) is 0 Å². The summed E-state index contributed by atoms with van der Waals surface area (Å²) < 4.78 is 5.66. The summed E-state index contributed by atoms with van der Waals surface area (Å²) in [5, 5.41) is 14.2. The van der Waals surface area contributed by atoms with E-state index in [9.17, 15) is 9.59 Å². The number of pyridine rings is 1. The number of aromatic nitrogens is 2. The molecule has 10 heteroatoms. The maximum Gasteiger partial charge on any atom is 0.317 e. The lowest BCUT2D eigenvalue weighted by Gasteiger charge is -2.34. The first-order valence-corrected chi connectivity index (χ1v) is 9.34. The number of anilines is 2. The Morgan fingerprint density at radius 3 is 3.07 bits per heavy atom. The van der Waals surface area contributed by atoms with Gasteiger partial charge in [0.1, 0.15) is 11.5 Å². The van der Waals surface area contributed by atoms with Crippen molar-refractivity contribution in [2.45, 2.75) is 6.10 Å². The number of morpholine rings is 1. The van der Waals surface area contributed by atoms with E-state index in [1.54, 1.807) is 28.4 Å². The Balaban J connectivity index is 1.58. The number of thiazole rings is 1. The number of amides is 1. The van der Waals surface area contributed by atoms with Gasteiger partial charge in [0, 0.05) is 31.2 Å². The first kappa shape index (κ1) is 19.2. The van der Waals surface area contributed by atoms with Crippen molar-refractivity contribution in [3.63, 3.8) is 0 Å². The van der Waals surface area contributed by atoms with Crippen LogP contribution in [0, 0.1) is 0 Å². The monoisotopic (exact) mass is 391 g/mol. The molecule has 144 valence electrons. The number of carboxylic acid groups (broad SMARTS) is 1. The van der Waals surface area contributed by atoms with Crippen LogP contribution in [0.4, 0.5) is 10.9 Å². The van der Waals surface area contributed by atoms with Crippen LogP contribution >= 0.6 is 11.3 Å². The average Bonchev–Trinajstić information content (AvgIpc) is 3.10. The Labute approximate surface area is 160 Å². The van der Waals surface area contributed by atoms with Crippen LogP contribution in [0.1, 0.15) is 10.5 Å². The van der Waals surface area contributed by atoms with Crippen LogP contribution in [0.5, 0.6) is 0 Å². The average molecular weight is 391 g/mol. The maximum absolute atomic E-state index is 12.7. The van der Waals surface area contributed by atoms with Crippen molar-refractivity contribution in [2.75, 3.05) is 45.2 Å². The first-order valence-electron chi connectivity index (χ1n) is 8.46. The van der Waals surface area contributed by atoms with E-state index in [2.05, 4.69) is 15.3 Å². The number of likely N-dealkylation sites (N-methyl/N-ethyl adjacent to an activating group) is 1. The summed E-state index contributed by atoms with van der Waals surface area (Å²) in [6, 6.07) is 5.51. The highest BCUT2D eigenvalue weighted by Gasteiger charge is 2.27. The lowest BCUT2D eigenvalue weighted by molar-refractivity contribution is -0.138. The van der Waals surface area contributed by atoms with Gasteiger partial charge in [0.15, 0.2) is 5.13 Å². The van der Waals surface area contributed by atoms with E-state index in [0.717, 1.165) is 0 Å². The van der Waals surface area contributed by atoms with Crippen molar-refractivity contribution in [2.24, 2.45) is 0 Å². The molecule has 9 nitrogen and oxygen atoms in total. The topological polar surface area (TPSA) is 108 Å². The SMILES string of the molecule is CN(CC(=O)O)CC1CN(C(=O)c2csc(Nc3ccccn3)n2)CCO1. The normalized spacial score (nSPS) is 17.1. The highest BCUT2D eigenvalue weighted by molar-refractivity contribution is 7.14. The Kier molecular flexibility index (Phi) is 6.32. The van der Waals surface area contributed by atoms with Gasteiger partial charge in [-0.3, -0.25) is 14.5 Å². The summed E-state index contributed by atoms with van der Waals surface area (Å²) in [5.74, 6) is -0.384. The molecular weight excluding hydrogens is 370 g/mol. The van der Waals surface area contributed by atoms with Gasteiger partial charge in [0.05, 0.1) is 19.3 Å². The van der Waals surface area contributed by atoms with Crippen molar-refractivity contribution in [3.8, 4) is 0 Å². The second-order valence-electron chi connectivity index (χ2n) is 6.21. The summed E-state index contributed by atoms with van der Waals surface area (Å²) in [5.41, 5.74) is 0.373. The van der Waals surface area contributed by atoms with Crippen molar-refractivity contribution >= 4 is 34.2 Å². The predicted molar refractivity (Wildman–Crippen MR) is 100 cm³/mol. The van der Waals surface area contributed by atoms with E-state index in [1.165, 1.54) is 11.3 Å². The number of nitrogens with one attached hydrogen (secondary N) is 1. The van der Waals surface area contributed by atoms with Gasteiger partial charge in [0.2, 0.25) is 0 Å². The minimum atomic E-state index is -0.892. The number of carbonyl (C=O) groups excluding carboxylic acids is 1. The quantitative estimate of drug-likeness (QED) is 0.723. The van der Waals surface area contributed by atoms with Gasteiger partial charge >= 0.3 is 5.97 Å². The van der Waals surface area contributed by atoms with Gasteiger partial charge in [-0.1, -0.05) is 6.07 Å². The fraction of sp³-hybridized carbons (Fsp3) is 0.412. The van der Waals surface area contributed by atoms with Gasteiger partial charge in [-0.2, -0.15) is 0 Å². The Hall–Kier alpha value is -2.56. The van der Waals surface area contributed by atoms with E-state index >= 15 is 0 Å². The summed E-state index contributed by atoms with van der Waals surface area (Å²) >= 11 is 1.34. The molecule has 1 saturated heterocycles. The third-order valence-corrected chi connectivity index (χ3v) is 4.73. The molecule has 1 fully saturated rings. The molecule has 2 aromatic rings. The van der Waals surface area contributed by atoms with Gasteiger partial charge in [-0.15, -0.1) is 11.3 Å². The fourth-order valence-electron chi connectivity index (χ4n) is 2.79. The van der Waals surface area contributed by atoms with E-state index < -0.39 is 5.97 Å². The first-order chi connectivity index (χ1) is 13.0. The molecule has 0 bridgehead atoms. The molecule has 1 aliphatic heterocycles. The third-order valence-electron chi connectivity index (χ3n) is 3.97. The molecule has 1 aliphatic rings. The van der Waals surface area contributed by atoms with Crippen LogP contribution in [0.2, 0.25) is 0 Å². The zero-order valence-electron chi connectivity index (χ0n) is 14.9. The van der Waals surface area contributed by atoms with Gasteiger partial charge in [0.25, 0.3) is 5.91 Å². The molecule has 0 aliphatic carbocycles. The molecule has 0 spiro atoms. The molecule has 1 atom stereocenters. The van der Waals surface area contributed by atoms with E-state index in [-0.39, 0.29) is 18.6 Å². The van der Waals surface area contributed by atoms with Gasteiger partial charge in [-0.05, 0) is 19.2 Å². The van der Waals surface area contributed by atoms with E-state index in [0.29, 0.717) is 42.9 Å². The molecule has 2 aromatic heterocycles. The highest BCUT2D eigenvalue weighted by atomic mass is 32.1. The zero-order chi connectivity index (χ0) is 19.2. The molecule has 3 heterocycles. The summed E-state index contributed by atoms with van der Waals surface area (Å²) in [6.07, 6.45) is 1.45. The molecule has 1 unspecified atom stereocenters. The van der Waals surface area contributed by atoms with Crippen LogP contribution in [-0.4, -0.2) is 82.7 Å². The molecule has 0 radical (unpaired) electrons. The molecule has 0 saturated carbocycles. The van der Waals surface area contributed by atoms with E-state index in [4.69, 9.17) is 9.84 Å². The lowest BCUT2D eigenvalue weighted by atomic mass is 10.2. The predicted octanol–water partition coefficient (Wildman–Crippen LogP) is 1.14. The Bertz CT molecular complexity index is 785. The summed E-state index contributed by atoms with van der Waals surface area (Å²) in [6.45, 7) is 1.68. The molecule has 1 amide bonds. The number of carboxylic acids is 1. The largest absolute Gasteiger partial charge is 0.480 e. The lowest BCUT2D eigenvalue weighted by Crippen LogP contribution is -2.49. The standard InChI is InChI=1S/C17H21N5O4S/c1-21(10-15(23)24)8-12-9-22(6-7-26-12)16(25)13-11-27-17(19-13)20-14-4-2-3-5-18-14/h2-5,11-12H,6-10H2,1H3,(H,23,24)(H,18,19,20). The highest BCUT2D eigenvalue weighted by Crippen LogP contribution is 2.21. The van der Waals surface area contributed by atoms with Crippen LogP contribution in [-0.2, 0) is 9.53 Å². The number of aliphatic carboxylic acids is 1. The molecule has 27 heavy (non-hydrogen) atoms. The minimum Gasteiger partial charge on any atom is -0.480 e. The maximum atomic E-state index is 12.7. The van der Waals surface area contributed by atoms with Crippen LogP contribution in [0.25, 0.3) is 0 Å². The molecule has 0 aromatic carbocycles. The van der Waals surface area contributed by atoms with Gasteiger partial charge in [-0.25, -0.2) is 9.97 Å². The van der Waals surface area contributed by atoms with Crippen molar-refractivity contribution in [1.29, 1.82) is 0 Å². The van der Waals surface area contributed by atoms with Crippen molar-refractivity contribution in [1.82, 2.24) is 19.8 Å². The Morgan fingerprint density at radius 1 is 1.48 bits per heavy atom. The van der Waals surface area contributed by atoms with Crippen molar-refractivity contribution in [3.05, 3.63) is 35.5 Å². The molecular formula is C17H21N5O4S. The molecule has 3 rings (SSSR count). The molecule has 2 N–H and O–H groups in total. The smallest absolute Gasteiger partial charge is 0.317 e. The summed E-state index contributed by atoms with van der Waals surface area (Å²) in [4.78, 5) is 35.4. The third kappa shape index (κ3) is 5.46. The number of rotatable bonds is 7. The summed E-state index contributed by atoms with van der Waals surface area (Å²) in [7, 11) is 1.72. The number of ether oxygens (including phenoxy) is 1.